The number of rotatable bonds is 3. The zero-order chi connectivity index (χ0) is 13.1. The normalized spacial score (nSPS) is 14.0. The second-order valence-corrected chi connectivity index (χ2v) is 6.45. The van der Waals surface area contributed by atoms with E-state index in [1.165, 1.54) is 25.5 Å². The Kier molecular flexibility index (Phi) is 4.54. The molecule has 5 heteroatoms. The Morgan fingerprint density at radius 3 is 2.53 bits per heavy atom. The van der Waals surface area contributed by atoms with Crippen molar-refractivity contribution in [2.45, 2.75) is 25.5 Å². The lowest BCUT2D eigenvalue weighted by molar-refractivity contribution is 0.411. The highest BCUT2D eigenvalue weighted by molar-refractivity contribution is 7.91. The molecule has 0 radical (unpaired) electrons. The van der Waals surface area contributed by atoms with E-state index in [-0.39, 0.29) is 0 Å². The van der Waals surface area contributed by atoms with Crippen molar-refractivity contribution < 1.29 is 13.7 Å². The van der Waals surface area contributed by atoms with Crippen LogP contribution >= 0.6 is 0 Å². The molecule has 1 aromatic rings. The van der Waals surface area contributed by atoms with Gasteiger partial charge in [0.25, 0.3) is 0 Å². The number of nitrogens with zero attached hydrogens (tertiary/aromatic N) is 1. The van der Waals surface area contributed by atoms with Crippen molar-refractivity contribution in [2.24, 2.45) is 4.40 Å². The van der Waals surface area contributed by atoms with Crippen LogP contribution in [0.4, 0.5) is 4.39 Å². The summed E-state index contributed by atoms with van der Waals surface area (Å²) in [5.74, 6) is 0.000307. The number of ether oxygens (including phenoxy) is 1. The second kappa shape index (κ2) is 5.51. The monoisotopic (exact) mass is 257 g/mol. The summed E-state index contributed by atoms with van der Waals surface area (Å²) < 4.78 is 33.2. The fraction of sp³-hybridized carbons (Fsp3) is 0.417. The molecule has 0 aliphatic carbocycles. The first-order valence-corrected chi connectivity index (χ1v) is 6.24. The minimum atomic E-state index is -1.35. The van der Waals surface area contributed by atoms with E-state index in [9.17, 15) is 8.94 Å². The van der Waals surface area contributed by atoms with Gasteiger partial charge in [-0.2, -0.15) is 0 Å². The Balaban J connectivity index is 2.88. The minimum Gasteiger partial charge on any atom is -0.591 e. The highest BCUT2D eigenvalue weighted by Gasteiger charge is 2.25. The van der Waals surface area contributed by atoms with Gasteiger partial charge in [-0.05, 0) is 32.9 Å². The lowest BCUT2D eigenvalue weighted by atomic mass is 10.2. The fourth-order valence-electron chi connectivity index (χ4n) is 1.04. The maximum absolute atomic E-state index is 13.2. The summed E-state index contributed by atoms with van der Waals surface area (Å²) >= 11 is -1.35. The van der Waals surface area contributed by atoms with Gasteiger partial charge in [0.05, 0.1) is 13.3 Å². The van der Waals surface area contributed by atoms with Crippen LogP contribution in [0, 0.1) is 5.82 Å². The van der Waals surface area contributed by atoms with Crippen molar-refractivity contribution >= 4 is 17.6 Å². The van der Waals surface area contributed by atoms with Gasteiger partial charge in [0, 0.05) is 11.6 Å². The minimum absolute atomic E-state index is 0.410. The van der Waals surface area contributed by atoms with E-state index in [1.807, 2.05) is 20.8 Å². The summed E-state index contributed by atoms with van der Waals surface area (Å²) in [6, 6.07) is 4.22. The molecule has 0 aliphatic rings. The molecule has 0 N–H and O–H groups in total. The van der Waals surface area contributed by atoms with Crippen LogP contribution in [0.5, 0.6) is 5.75 Å². The molecule has 1 rings (SSSR count). The maximum Gasteiger partial charge on any atom is 0.144 e. The van der Waals surface area contributed by atoms with Gasteiger partial charge in [0.15, 0.2) is 0 Å². The van der Waals surface area contributed by atoms with E-state index in [1.54, 1.807) is 6.07 Å². The van der Waals surface area contributed by atoms with Crippen LogP contribution < -0.4 is 4.74 Å². The smallest absolute Gasteiger partial charge is 0.144 e. The van der Waals surface area contributed by atoms with Gasteiger partial charge in [0.2, 0.25) is 0 Å². The number of methoxy groups -OCH3 is 1. The lowest BCUT2D eigenvalue weighted by Crippen LogP contribution is -2.25. The van der Waals surface area contributed by atoms with Crippen LogP contribution in [0.2, 0.25) is 0 Å². The van der Waals surface area contributed by atoms with Gasteiger partial charge in [-0.3, -0.25) is 0 Å². The third-order valence-electron chi connectivity index (χ3n) is 1.95. The largest absolute Gasteiger partial charge is 0.591 e. The fourth-order valence-corrected chi connectivity index (χ4v) is 1.58. The first kappa shape index (κ1) is 14.0. The van der Waals surface area contributed by atoms with Gasteiger partial charge in [0.1, 0.15) is 27.7 Å². The second-order valence-electron chi connectivity index (χ2n) is 4.52. The molecule has 0 aliphatic heterocycles. The van der Waals surface area contributed by atoms with E-state index >= 15 is 0 Å². The summed E-state index contributed by atoms with van der Waals surface area (Å²) in [5.41, 5.74) is 0.527. The van der Waals surface area contributed by atoms with E-state index in [0.29, 0.717) is 11.3 Å². The molecule has 0 heterocycles. The molecular formula is C12H16FNO2S. The van der Waals surface area contributed by atoms with E-state index in [0.717, 1.165) is 0 Å². The third kappa shape index (κ3) is 4.36. The van der Waals surface area contributed by atoms with Crippen molar-refractivity contribution in [3.63, 3.8) is 0 Å². The van der Waals surface area contributed by atoms with E-state index < -0.39 is 21.9 Å². The number of halogens is 1. The van der Waals surface area contributed by atoms with Crippen molar-refractivity contribution in [1.29, 1.82) is 0 Å². The van der Waals surface area contributed by atoms with Crippen molar-refractivity contribution in [3.05, 3.63) is 29.6 Å². The van der Waals surface area contributed by atoms with Crippen LogP contribution in [-0.2, 0) is 11.4 Å². The molecule has 0 saturated carbocycles. The predicted molar refractivity (Wildman–Crippen MR) is 68.4 cm³/mol. The Morgan fingerprint density at radius 1 is 1.35 bits per heavy atom. The van der Waals surface area contributed by atoms with Crippen LogP contribution in [0.3, 0.4) is 0 Å². The van der Waals surface area contributed by atoms with E-state index in [2.05, 4.69) is 4.40 Å². The molecule has 0 bridgehead atoms. The molecule has 1 aromatic carbocycles. The standard InChI is InChI=1S/C12H16FNO2S/c1-12(2,3)17(15)14-8-9-5-10(13)7-11(6-9)16-4/h5-8H,1-4H3/t17-/m0/s1. The molecule has 0 aromatic heterocycles. The van der Waals surface area contributed by atoms with Crippen LogP contribution in [-0.4, -0.2) is 22.6 Å². The van der Waals surface area contributed by atoms with Crippen LogP contribution in [0.1, 0.15) is 26.3 Å². The van der Waals surface area contributed by atoms with Crippen molar-refractivity contribution in [2.75, 3.05) is 7.11 Å². The maximum atomic E-state index is 13.2. The molecule has 0 unspecified atom stereocenters. The lowest BCUT2D eigenvalue weighted by Gasteiger charge is -2.17. The number of benzene rings is 1. The SMILES string of the molecule is COc1cc(F)cc(C=N[S@@+]([O-])C(C)(C)C)c1. The first-order valence-electron chi connectivity index (χ1n) is 5.13. The number of hydrogen-bond donors (Lipinski definition) is 0. The van der Waals surface area contributed by atoms with Crippen molar-refractivity contribution in [1.82, 2.24) is 0 Å². The Bertz CT molecular complexity index is 415. The van der Waals surface area contributed by atoms with Gasteiger partial charge in [-0.15, -0.1) is 0 Å². The highest BCUT2D eigenvalue weighted by atomic mass is 32.2. The van der Waals surface area contributed by atoms with Gasteiger partial charge in [-0.25, -0.2) is 4.39 Å². The molecule has 1 atom stereocenters. The average Bonchev–Trinajstić information content (AvgIpc) is 2.23. The molecule has 0 saturated heterocycles. The molecule has 17 heavy (non-hydrogen) atoms. The van der Waals surface area contributed by atoms with E-state index in [4.69, 9.17) is 4.74 Å². The van der Waals surface area contributed by atoms with Gasteiger partial charge >= 0.3 is 0 Å². The van der Waals surface area contributed by atoms with Crippen LogP contribution in [0.15, 0.2) is 22.6 Å². The molecule has 0 fully saturated rings. The molecule has 0 amide bonds. The highest BCUT2D eigenvalue weighted by Crippen LogP contribution is 2.18. The average molecular weight is 257 g/mol. The summed E-state index contributed by atoms with van der Waals surface area (Å²) in [7, 11) is 1.46. The third-order valence-corrected chi connectivity index (χ3v) is 3.30. The van der Waals surface area contributed by atoms with Crippen molar-refractivity contribution in [3.8, 4) is 5.75 Å². The molecule has 3 nitrogen and oxygen atoms in total. The predicted octanol–water partition coefficient (Wildman–Crippen LogP) is 2.72. The topological polar surface area (TPSA) is 44.6 Å². The molecular weight excluding hydrogens is 241 g/mol. The van der Waals surface area contributed by atoms with Gasteiger partial charge < -0.3 is 9.29 Å². The number of hydrogen-bond acceptors (Lipinski definition) is 3. The summed E-state index contributed by atoms with van der Waals surface area (Å²) in [5, 5.41) is 0. The Morgan fingerprint density at radius 2 is 2.00 bits per heavy atom. The Hall–Kier alpha value is -1.07. The summed E-state index contributed by atoms with van der Waals surface area (Å²) in [6.45, 7) is 5.48. The van der Waals surface area contributed by atoms with Gasteiger partial charge in [-0.1, -0.05) is 4.40 Å². The zero-order valence-electron chi connectivity index (χ0n) is 10.4. The quantitative estimate of drug-likeness (QED) is 0.617. The molecule has 0 spiro atoms. The summed E-state index contributed by atoms with van der Waals surface area (Å²) in [6.07, 6.45) is 1.40. The zero-order valence-corrected chi connectivity index (χ0v) is 11.2. The first-order chi connectivity index (χ1) is 7.82. The Labute approximate surface area is 104 Å². The summed E-state index contributed by atoms with van der Waals surface area (Å²) in [4.78, 5) is 0. The molecule has 94 valence electrons. The van der Waals surface area contributed by atoms with Crippen LogP contribution in [0.25, 0.3) is 0 Å².